The van der Waals surface area contributed by atoms with Gasteiger partial charge >= 0.3 is 0 Å². The minimum Gasteiger partial charge on any atom is -0.381 e. The van der Waals surface area contributed by atoms with E-state index in [-0.39, 0.29) is 5.91 Å². The number of carbonyl (C=O) groups excluding carboxylic acids is 1. The molecular formula is C16H19N3O. The third-order valence-corrected chi connectivity index (χ3v) is 3.45. The van der Waals surface area contributed by atoms with Gasteiger partial charge in [0.05, 0.1) is 0 Å². The summed E-state index contributed by atoms with van der Waals surface area (Å²) in [5.74, 6) is 0.0297. The van der Waals surface area contributed by atoms with Gasteiger partial charge in [0.2, 0.25) is 0 Å². The molecule has 1 aliphatic carbocycles. The standard InChI is InChI=1S/C16H19N3O/c1-19-9-8-12(11-19)10-17-14-4-2-13(3-5-14)16(20)18-15-6-7-15/h2-5,8-9,11,15,17H,6-7,10H2,1H3,(H,18,20). The van der Waals surface area contributed by atoms with Crippen molar-refractivity contribution in [2.75, 3.05) is 5.32 Å². The lowest BCUT2D eigenvalue weighted by molar-refractivity contribution is 0.0951. The topological polar surface area (TPSA) is 46.1 Å². The van der Waals surface area contributed by atoms with Crippen molar-refractivity contribution in [1.29, 1.82) is 0 Å². The van der Waals surface area contributed by atoms with Crippen LogP contribution in [0.15, 0.2) is 42.7 Å². The summed E-state index contributed by atoms with van der Waals surface area (Å²) in [6, 6.07) is 10.1. The molecule has 0 atom stereocenters. The van der Waals surface area contributed by atoms with Crippen molar-refractivity contribution in [2.45, 2.75) is 25.4 Å². The summed E-state index contributed by atoms with van der Waals surface area (Å²) >= 11 is 0. The highest BCUT2D eigenvalue weighted by Crippen LogP contribution is 2.19. The van der Waals surface area contributed by atoms with Crippen LogP contribution in [0.1, 0.15) is 28.8 Å². The normalized spacial score (nSPS) is 14.1. The molecule has 1 heterocycles. The minimum absolute atomic E-state index is 0.0297. The number of carbonyl (C=O) groups is 1. The predicted molar refractivity (Wildman–Crippen MR) is 79.7 cm³/mol. The molecule has 2 N–H and O–H groups in total. The van der Waals surface area contributed by atoms with Crippen molar-refractivity contribution in [2.24, 2.45) is 7.05 Å². The summed E-state index contributed by atoms with van der Waals surface area (Å²) in [6.07, 6.45) is 6.34. The summed E-state index contributed by atoms with van der Waals surface area (Å²) in [5, 5.41) is 6.34. The van der Waals surface area contributed by atoms with Gasteiger partial charge < -0.3 is 15.2 Å². The molecule has 0 unspecified atom stereocenters. The molecule has 0 spiro atoms. The first kappa shape index (κ1) is 12.8. The van der Waals surface area contributed by atoms with Crippen molar-refractivity contribution < 1.29 is 4.79 Å². The number of nitrogens with zero attached hydrogens (tertiary/aromatic N) is 1. The van der Waals surface area contributed by atoms with Crippen LogP contribution < -0.4 is 10.6 Å². The van der Waals surface area contributed by atoms with E-state index < -0.39 is 0 Å². The molecule has 4 heteroatoms. The molecule has 1 aliphatic rings. The summed E-state index contributed by atoms with van der Waals surface area (Å²) in [5.41, 5.74) is 2.99. The average Bonchev–Trinajstić information content (AvgIpc) is 3.17. The van der Waals surface area contributed by atoms with Gasteiger partial charge in [0.1, 0.15) is 0 Å². The molecule has 0 radical (unpaired) electrons. The first-order valence-electron chi connectivity index (χ1n) is 6.96. The smallest absolute Gasteiger partial charge is 0.251 e. The van der Waals surface area contributed by atoms with Gasteiger partial charge in [-0.05, 0) is 48.7 Å². The van der Waals surface area contributed by atoms with Crippen LogP contribution in [0.2, 0.25) is 0 Å². The summed E-state index contributed by atoms with van der Waals surface area (Å²) < 4.78 is 2.03. The van der Waals surface area contributed by atoms with Gasteiger partial charge in [0, 0.05) is 43.3 Å². The highest BCUT2D eigenvalue weighted by atomic mass is 16.1. The molecule has 1 aromatic heterocycles. The average molecular weight is 269 g/mol. The Balaban J connectivity index is 1.56. The number of hydrogen-bond acceptors (Lipinski definition) is 2. The molecule has 0 aliphatic heterocycles. The largest absolute Gasteiger partial charge is 0.381 e. The second kappa shape index (κ2) is 5.41. The summed E-state index contributed by atoms with van der Waals surface area (Å²) in [7, 11) is 2.01. The Morgan fingerprint density at radius 2 is 2.00 bits per heavy atom. The van der Waals surface area contributed by atoms with Crippen LogP contribution >= 0.6 is 0 Å². The quantitative estimate of drug-likeness (QED) is 0.876. The highest BCUT2D eigenvalue weighted by molar-refractivity contribution is 5.94. The van der Waals surface area contributed by atoms with Gasteiger partial charge in [0.25, 0.3) is 5.91 Å². The molecule has 20 heavy (non-hydrogen) atoms. The first-order chi connectivity index (χ1) is 9.70. The lowest BCUT2D eigenvalue weighted by Crippen LogP contribution is -2.25. The zero-order chi connectivity index (χ0) is 13.9. The van der Waals surface area contributed by atoms with E-state index >= 15 is 0 Å². The number of benzene rings is 1. The lowest BCUT2D eigenvalue weighted by Gasteiger charge is -2.07. The maximum atomic E-state index is 11.9. The number of rotatable bonds is 5. The minimum atomic E-state index is 0.0297. The van der Waals surface area contributed by atoms with Gasteiger partial charge in [-0.3, -0.25) is 4.79 Å². The fourth-order valence-electron chi connectivity index (χ4n) is 2.11. The SMILES string of the molecule is Cn1ccc(CNc2ccc(C(=O)NC3CC3)cc2)c1. The fourth-order valence-corrected chi connectivity index (χ4v) is 2.11. The molecule has 1 aromatic carbocycles. The lowest BCUT2D eigenvalue weighted by atomic mass is 10.2. The molecule has 2 aromatic rings. The van der Waals surface area contributed by atoms with Crippen molar-refractivity contribution in [3.8, 4) is 0 Å². The molecule has 1 fully saturated rings. The highest BCUT2D eigenvalue weighted by Gasteiger charge is 2.23. The molecule has 1 amide bonds. The number of anilines is 1. The number of amides is 1. The van der Waals surface area contributed by atoms with Crippen molar-refractivity contribution in [1.82, 2.24) is 9.88 Å². The van der Waals surface area contributed by atoms with Crippen LogP contribution in [-0.2, 0) is 13.6 Å². The van der Waals surface area contributed by atoms with E-state index in [1.54, 1.807) is 0 Å². The third kappa shape index (κ3) is 3.20. The van der Waals surface area contributed by atoms with Gasteiger partial charge in [0.15, 0.2) is 0 Å². The monoisotopic (exact) mass is 269 g/mol. The van der Waals surface area contributed by atoms with Crippen molar-refractivity contribution in [3.63, 3.8) is 0 Å². The number of aromatic nitrogens is 1. The Kier molecular flexibility index (Phi) is 3.46. The Hall–Kier alpha value is -2.23. The van der Waals surface area contributed by atoms with E-state index in [2.05, 4.69) is 22.9 Å². The molecule has 0 saturated heterocycles. The zero-order valence-electron chi connectivity index (χ0n) is 11.6. The molecule has 0 bridgehead atoms. The number of hydrogen-bond donors (Lipinski definition) is 2. The molecular weight excluding hydrogens is 250 g/mol. The van der Waals surface area contributed by atoms with Gasteiger partial charge in [-0.2, -0.15) is 0 Å². The second-order valence-electron chi connectivity index (χ2n) is 5.36. The Bertz CT molecular complexity index is 596. The molecule has 3 rings (SSSR count). The van der Waals surface area contributed by atoms with Gasteiger partial charge in [-0.15, -0.1) is 0 Å². The fraction of sp³-hybridized carbons (Fsp3) is 0.312. The van der Waals surface area contributed by atoms with Crippen LogP contribution in [0.5, 0.6) is 0 Å². The van der Waals surface area contributed by atoms with E-state index in [0.29, 0.717) is 6.04 Å². The number of nitrogens with one attached hydrogen (secondary N) is 2. The maximum Gasteiger partial charge on any atom is 0.251 e. The van der Waals surface area contributed by atoms with Crippen LogP contribution in [0.3, 0.4) is 0 Å². The van der Waals surface area contributed by atoms with E-state index in [4.69, 9.17) is 0 Å². The van der Waals surface area contributed by atoms with E-state index in [0.717, 1.165) is 30.6 Å². The van der Waals surface area contributed by atoms with Crippen LogP contribution in [0.25, 0.3) is 0 Å². The maximum absolute atomic E-state index is 11.9. The van der Waals surface area contributed by atoms with Crippen LogP contribution in [0, 0.1) is 0 Å². The zero-order valence-corrected chi connectivity index (χ0v) is 11.6. The van der Waals surface area contributed by atoms with Crippen molar-refractivity contribution in [3.05, 3.63) is 53.9 Å². The molecule has 4 nitrogen and oxygen atoms in total. The van der Waals surface area contributed by atoms with Gasteiger partial charge in [-0.1, -0.05) is 0 Å². The third-order valence-electron chi connectivity index (χ3n) is 3.45. The van der Waals surface area contributed by atoms with Crippen LogP contribution in [0.4, 0.5) is 5.69 Å². The molecule has 104 valence electrons. The Labute approximate surface area is 118 Å². The Morgan fingerprint density at radius 3 is 2.60 bits per heavy atom. The first-order valence-corrected chi connectivity index (χ1v) is 6.96. The van der Waals surface area contributed by atoms with Gasteiger partial charge in [-0.25, -0.2) is 0 Å². The predicted octanol–water partition coefficient (Wildman–Crippen LogP) is 2.53. The van der Waals surface area contributed by atoms with Crippen LogP contribution in [-0.4, -0.2) is 16.5 Å². The second-order valence-corrected chi connectivity index (χ2v) is 5.36. The van der Waals surface area contributed by atoms with Crippen molar-refractivity contribution >= 4 is 11.6 Å². The Morgan fingerprint density at radius 1 is 1.25 bits per heavy atom. The van der Waals surface area contributed by atoms with E-state index in [1.165, 1.54) is 5.56 Å². The van der Waals surface area contributed by atoms with E-state index in [1.807, 2.05) is 42.1 Å². The summed E-state index contributed by atoms with van der Waals surface area (Å²) in [4.78, 5) is 11.9. The number of aryl methyl sites for hydroxylation is 1. The molecule has 1 saturated carbocycles. The van der Waals surface area contributed by atoms with E-state index in [9.17, 15) is 4.79 Å². The summed E-state index contributed by atoms with van der Waals surface area (Å²) in [6.45, 7) is 0.786.